The number of aromatic nitrogens is 2. The van der Waals surface area contributed by atoms with E-state index in [0.29, 0.717) is 23.3 Å². The van der Waals surface area contributed by atoms with Gasteiger partial charge in [0.25, 0.3) is 10.0 Å². The zero-order valence-electron chi connectivity index (χ0n) is 23.8. The van der Waals surface area contributed by atoms with Crippen LogP contribution in [0, 0.1) is 0 Å². The van der Waals surface area contributed by atoms with Crippen molar-refractivity contribution in [1.29, 1.82) is 0 Å². The number of para-hydroxylation sites is 2. The average Bonchev–Trinajstić information content (AvgIpc) is 3.33. The quantitative estimate of drug-likeness (QED) is 0.187. The number of aryl methyl sites for hydroxylation is 1. The van der Waals surface area contributed by atoms with Gasteiger partial charge >= 0.3 is 5.69 Å². The van der Waals surface area contributed by atoms with Gasteiger partial charge in [-0.3, -0.25) is 4.72 Å². The molecule has 0 radical (unpaired) electrons. The molecule has 1 aromatic heterocycles. The zero-order chi connectivity index (χ0) is 29.5. The predicted molar refractivity (Wildman–Crippen MR) is 166 cm³/mol. The number of aliphatic hydroxyl groups excluding tert-OH is 1. The molecule has 11 heteroatoms. The van der Waals surface area contributed by atoms with Crippen LogP contribution in [0.5, 0.6) is 0 Å². The van der Waals surface area contributed by atoms with Gasteiger partial charge in [0.2, 0.25) is 0 Å². The van der Waals surface area contributed by atoms with E-state index in [1.807, 2.05) is 36.4 Å². The van der Waals surface area contributed by atoms with Gasteiger partial charge in [0.05, 0.1) is 10.4 Å². The molecular formula is C31H39N5O5S. The maximum Gasteiger partial charge on any atom is 0.359 e. The molecule has 0 bridgehead atoms. The Balaban J connectivity index is 1.06. The average molecular weight is 594 g/mol. The van der Waals surface area contributed by atoms with Gasteiger partial charge in [-0.25, -0.2) is 13.2 Å². The van der Waals surface area contributed by atoms with Crippen molar-refractivity contribution in [3.05, 3.63) is 88.8 Å². The molecular weight excluding hydrogens is 554 g/mol. The molecule has 1 saturated heterocycles. The third-order valence-electron chi connectivity index (χ3n) is 7.62. The normalized spacial score (nSPS) is 15.1. The molecule has 1 aliphatic rings. The van der Waals surface area contributed by atoms with Gasteiger partial charge in [-0.2, -0.15) is 0 Å². The monoisotopic (exact) mass is 593 g/mol. The van der Waals surface area contributed by atoms with Crippen LogP contribution in [-0.2, 0) is 16.4 Å². The van der Waals surface area contributed by atoms with Crippen molar-refractivity contribution in [3.8, 4) is 0 Å². The number of imidazole rings is 1. The fourth-order valence-corrected chi connectivity index (χ4v) is 6.25. The number of nitrogens with zero attached hydrogens (tertiary/aromatic N) is 2. The van der Waals surface area contributed by atoms with Crippen molar-refractivity contribution in [2.45, 2.75) is 56.1 Å². The summed E-state index contributed by atoms with van der Waals surface area (Å²) in [4.78, 5) is 23.0. The summed E-state index contributed by atoms with van der Waals surface area (Å²) in [5.41, 5.74) is 3.64. The minimum absolute atomic E-state index is 0.00598. The molecule has 0 amide bonds. The SMILES string of the molecule is CCCCc1ccc(S(=O)(=O)Nc2ccc(N3CCC(NC[C@H](O)COn4c(=O)[nH]c5ccccc54)CC3)cc2)cc1. The van der Waals surface area contributed by atoms with Crippen molar-refractivity contribution in [3.63, 3.8) is 0 Å². The number of fused-ring (bicyclic) bond motifs is 1. The Hall–Kier alpha value is -3.80. The van der Waals surface area contributed by atoms with Crippen molar-refractivity contribution in [2.24, 2.45) is 0 Å². The molecule has 0 unspecified atom stereocenters. The van der Waals surface area contributed by atoms with Crippen LogP contribution in [0.25, 0.3) is 11.0 Å². The van der Waals surface area contributed by atoms with Crippen molar-refractivity contribution < 1.29 is 18.4 Å². The van der Waals surface area contributed by atoms with E-state index >= 15 is 0 Å². The fourth-order valence-electron chi connectivity index (χ4n) is 5.19. The summed E-state index contributed by atoms with van der Waals surface area (Å²) in [5, 5.41) is 13.8. The Bertz CT molecular complexity index is 1610. The first-order valence-electron chi connectivity index (χ1n) is 14.5. The highest BCUT2D eigenvalue weighted by atomic mass is 32.2. The molecule has 1 aliphatic heterocycles. The highest BCUT2D eigenvalue weighted by molar-refractivity contribution is 7.92. The summed E-state index contributed by atoms with van der Waals surface area (Å²) in [6.45, 7) is 4.17. The number of aromatic amines is 1. The van der Waals surface area contributed by atoms with Gasteiger partial charge in [-0.15, -0.1) is 4.73 Å². The minimum atomic E-state index is -3.66. The maximum absolute atomic E-state index is 12.9. The number of hydrogen-bond donors (Lipinski definition) is 4. The van der Waals surface area contributed by atoms with E-state index in [1.165, 1.54) is 4.73 Å². The summed E-state index contributed by atoms with van der Waals surface area (Å²) in [6.07, 6.45) is 4.17. The smallest absolute Gasteiger partial charge is 0.359 e. The molecule has 0 aliphatic carbocycles. The number of aliphatic hydroxyl groups is 1. The second-order valence-corrected chi connectivity index (χ2v) is 12.4. The standard InChI is InChI=1S/C31H39N5O5S/c1-2-3-6-23-9-15-28(16-10-23)42(39,40)34-25-11-13-26(14-12-25)35-19-17-24(18-20-35)32-21-27(37)22-41-36-30-8-5-4-7-29(30)33-31(36)38/h4-5,7-16,24,27,32,34,37H,2-3,6,17-22H2,1H3,(H,33,38)/t27-/m0/s1. The van der Waals surface area contributed by atoms with Crippen LogP contribution in [0.3, 0.4) is 0 Å². The largest absolute Gasteiger partial charge is 0.406 e. The lowest BCUT2D eigenvalue weighted by Gasteiger charge is -2.34. The van der Waals surface area contributed by atoms with Crippen LogP contribution in [0.15, 0.2) is 82.5 Å². The van der Waals surface area contributed by atoms with Gasteiger partial charge in [0, 0.05) is 37.1 Å². The third-order valence-corrected chi connectivity index (χ3v) is 9.02. The molecule has 5 rings (SSSR count). The second-order valence-electron chi connectivity index (χ2n) is 10.8. The minimum Gasteiger partial charge on any atom is -0.406 e. The first-order valence-corrected chi connectivity index (χ1v) is 16.0. The van der Waals surface area contributed by atoms with E-state index in [1.54, 1.807) is 36.4 Å². The Morgan fingerprint density at radius 3 is 2.45 bits per heavy atom. The third kappa shape index (κ3) is 7.33. The van der Waals surface area contributed by atoms with Gasteiger partial charge < -0.3 is 25.1 Å². The Morgan fingerprint density at radius 2 is 1.74 bits per heavy atom. The van der Waals surface area contributed by atoms with Crippen molar-refractivity contribution in [2.75, 3.05) is 35.9 Å². The number of piperidine rings is 1. The Labute approximate surface area is 246 Å². The van der Waals surface area contributed by atoms with Crippen LogP contribution in [0.2, 0.25) is 0 Å². The highest BCUT2D eigenvalue weighted by Crippen LogP contribution is 2.24. The van der Waals surface area contributed by atoms with Crippen LogP contribution < -0.4 is 25.5 Å². The number of unbranched alkanes of at least 4 members (excludes halogenated alkanes) is 1. The van der Waals surface area contributed by atoms with Gasteiger partial charge in [-0.1, -0.05) is 37.6 Å². The highest BCUT2D eigenvalue weighted by Gasteiger charge is 2.21. The maximum atomic E-state index is 12.9. The predicted octanol–water partition coefficient (Wildman–Crippen LogP) is 3.52. The van der Waals surface area contributed by atoms with E-state index in [-0.39, 0.29) is 23.2 Å². The molecule has 0 saturated carbocycles. The number of rotatable bonds is 13. The summed E-state index contributed by atoms with van der Waals surface area (Å²) in [5.74, 6) is 0. The van der Waals surface area contributed by atoms with Crippen LogP contribution in [0.1, 0.15) is 38.2 Å². The second kappa shape index (κ2) is 13.5. The zero-order valence-corrected chi connectivity index (χ0v) is 24.6. The lowest BCUT2D eigenvalue weighted by molar-refractivity contribution is 0.0263. The van der Waals surface area contributed by atoms with E-state index in [0.717, 1.165) is 56.4 Å². The summed E-state index contributed by atoms with van der Waals surface area (Å²) >= 11 is 0. The summed E-state index contributed by atoms with van der Waals surface area (Å²) in [6, 6.07) is 22.1. The fraction of sp³-hybridized carbons (Fsp3) is 0.387. The molecule has 2 heterocycles. The summed E-state index contributed by atoms with van der Waals surface area (Å²) < 4.78 is 29.6. The lowest BCUT2D eigenvalue weighted by atomic mass is 10.0. The van der Waals surface area contributed by atoms with Crippen LogP contribution in [0.4, 0.5) is 11.4 Å². The molecule has 1 fully saturated rings. The molecule has 0 spiro atoms. The van der Waals surface area contributed by atoms with Gasteiger partial charge in [-0.05, 0) is 79.8 Å². The number of nitrogens with one attached hydrogen (secondary N) is 3. The van der Waals surface area contributed by atoms with E-state index in [2.05, 4.69) is 26.8 Å². The lowest BCUT2D eigenvalue weighted by Crippen LogP contribution is -2.46. The molecule has 10 nitrogen and oxygen atoms in total. The molecule has 224 valence electrons. The topological polar surface area (TPSA) is 129 Å². The van der Waals surface area contributed by atoms with Crippen molar-refractivity contribution in [1.82, 2.24) is 15.0 Å². The summed E-state index contributed by atoms with van der Waals surface area (Å²) in [7, 11) is -3.66. The van der Waals surface area contributed by atoms with Gasteiger partial charge in [0.1, 0.15) is 18.2 Å². The van der Waals surface area contributed by atoms with Crippen LogP contribution >= 0.6 is 0 Å². The number of sulfonamides is 1. The van der Waals surface area contributed by atoms with E-state index in [9.17, 15) is 18.3 Å². The molecule has 3 aromatic carbocycles. The van der Waals surface area contributed by atoms with Crippen LogP contribution in [-0.4, -0.2) is 61.6 Å². The molecule has 42 heavy (non-hydrogen) atoms. The van der Waals surface area contributed by atoms with Crippen molar-refractivity contribution >= 4 is 32.4 Å². The number of hydrogen-bond acceptors (Lipinski definition) is 7. The molecule has 4 N–H and O–H groups in total. The van der Waals surface area contributed by atoms with Gasteiger partial charge in [0.15, 0.2) is 0 Å². The van der Waals surface area contributed by atoms with E-state index in [4.69, 9.17) is 4.84 Å². The first-order chi connectivity index (χ1) is 20.3. The number of H-pyrrole nitrogens is 1. The molecule has 4 aromatic rings. The Kier molecular flexibility index (Phi) is 9.51. The van der Waals surface area contributed by atoms with E-state index < -0.39 is 16.1 Å². The number of anilines is 2. The first kappa shape index (κ1) is 29.7. The Morgan fingerprint density at radius 1 is 1.02 bits per heavy atom. The number of benzene rings is 3. The molecule has 1 atom stereocenters.